The number of hydrogen-bond acceptors (Lipinski definition) is 6. The molecule has 7 nitrogen and oxygen atoms in total. The minimum Gasteiger partial charge on any atom is -0.486 e. The molecule has 2 aromatic carbocycles. The van der Waals surface area contributed by atoms with E-state index in [-0.39, 0.29) is 6.61 Å². The van der Waals surface area contributed by atoms with Gasteiger partial charge in [-0.3, -0.25) is 4.98 Å². The highest BCUT2D eigenvalue weighted by atomic mass is 35.5. The number of benzene rings is 2. The number of aliphatic hydroxyl groups excluding tert-OH is 2. The maximum Gasteiger partial charge on any atom is 0.160 e. The van der Waals surface area contributed by atoms with E-state index < -0.39 is 15.9 Å². The zero-order chi connectivity index (χ0) is 24.9. The van der Waals surface area contributed by atoms with Gasteiger partial charge in [-0.1, -0.05) is 48.0 Å². The fourth-order valence-corrected chi connectivity index (χ4v) is 6.19. The van der Waals surface area contributed by atoms with Crippen molar-refractivity contribution in [2.45, 2.75) is 30.0 Å². The number of aromatic nitrogens is 3. The van der Waals surface area contributed by atoms with Gasteiger partial charge in [0.1, 0.15) is 17.8 Å². The Hall–Kier alpha value is -3.30. The number of rotatable bonds is 8. The van der Waals surface area contributed by atoms with E-state index >= 15 is 0 Å². The van der Waals surface area contributed by atoms with Crippen LogP contribution in [0.3, 0.4) is 0 Å². The predicted octanol–water partition coefficient (Wildman–Crippen LogP) is 4.09. The van der Waals surface area contributed by atoms with Crippen molar-refractivity contribution in [3.63, 3.8) is 0 Å². The molecule has 5 rings (SSSR count). The third-order valence-corrected chi connectivity index (χ3v) is 8.18. The zero-order valence-electron chi connectivity index (χ0n) is 19.4. The van der Waals surface area contributed by atoms with Crippen molar-refractivity contribution in [1.82, 2.24) is 14.5 Å². The fraction of sp³-hybridized carbons (Fsp3) is 0.185. The van der Waals surface area contributed by atoms with Crippen molar-refractivity contribution >= 4 is 33.1 Å². The Labute approximate surface area is 216 Å². The van der Waals surface area contributed by atoms with Crippen LogP contribution in [-0.4, -0.2) is 42.2 Å². The van der Waals surface area contributed by atoms with Crippen molar-refractivity contribution in [2.24, 2.45) is 4.99 Å². The lowest BCUT2D eigenvalue weighted by Gasteiger charge is -2.19. The molecule has 184 valence electrons. The summed E-state index contributed by atoms with van der Waals surface area (Å²) in [6.45, 7) is 0.617. The van der Waals surface area contributed by atoms with Gasteiger partial charge in [0.25, 0.3) is 0 Å². The Morgan fingerprint density at radius 1 is 1.08 bits per heavy atom. The van der Waals surface area contributed by atoms with Crippen molar-refractivity contribution in [3.8, 4) is 5.75 Å². The van der Waals surface area contributed by atoms with Crippen LogP contribution in [0.2, 0.25) is 5.02 Å². The second kappa shape index (κ2) is 11.2. The van der Waals surface area contributed by atoms with Gasteiger partial charge in [-0.15, -0.1) is 10.5 Å². The second-order valence-electron chi connectivity index (χ2n) is 8.18. The van der Waals surface area contributed by atoms with Crippen molar-refractivity contribution in [2.75, 3.05) is 6.61 Å². The number of hydrogen-bond donors (Lipinski definition) is 2. The molecule has 2 aromatic heterocycles. The first-order valence-corrected chi connectivity index (χ1v) is 13.2. The molecule has 0 aliphatic carbocycles. The molecule has 1 aliphatic heterocycles. The molecule has 36 heavy (non-hydrogen) atoms. The summed E-state index contributed by atoms with van der Waals surface area (Å²) in [7, 11) is -0.638. The predicted molar refractivity (Wildman–Crippen MR) is 142 cm³/mol. The van der Waals surface area contributed by atoms with Crippen LogP contribution in [0.5, 0.6) is 5.75 Å². The molecule has 1 unspecified atom stereocenters. The molecule has 0 saturated carbocycles. The Morgan fingerprint density at radius 3 is 2.67 bits per heavy atom. The van der Waals surface area contributed by atoms with Crippen molar-refractivity contribution < 1.29 is 14.9 Å². The molecule has 0 amide bonds. The summed E-state index contributed by atoms with van der Waals surface area (Å²) in [6, 6.07) is 21.1. The van der Waals surface area contributed by atoms with Crippen LogP contribution in [0.4, 0.5) is 5.69 Å². The molecule has 0 radical (unpaired) electrons. The monoisotopic (exact) mass is 520 g/mol. The highest BCUT2D eigenvalue weighted by Crippen LogP contribution is 2.37. The van der Waals surface area contributed by atoms with Gasteiger partial charge in [0.15, 0.2) is 5.49 Å². The topological polar surface area (TPSA) is 92.8 Å². The third-order valence-electron chi connectivity index (χ3n) is 5.70. The first-order chi connectivity index (χ1) is 17.6. The normalized spacial score (nSPS) is 15.9. The summed E-state index contributed by atoms with van der Waals surface area (Å²) >= 11 is 6.48. The SMILES string of the molecule is OC[C@@H](O)S1=CCc2c1n(Cc1ccccc1)cnc2=Nc1ccc(OCc2ccccn2)c(Cl)c1. The minimum absolute atomic E-state index is 0.311. The highest BCUT2D eigenvalue weighted by molar-refractivity contribution is 8.15. The lowest BCUT2D eigenvalue weighted by atomic mass is 10.2. The summed E-state index contributed by atoms with van der Waals surface area (Å²) in [5.41, 5.74) is 3.23. The van der Waals surface area contributed by atoms with Gasteiger partial charge in [-0.2, -0.15) is 0 Å². The van der Waals surface area contributed by atoms with E-state index in [1.807, 2.05) is 52.4 Å². The quantitative estimate of drug-likeness (QED) is 0.270. The standard InChI is InChI=1S/C27H25ClN4O3S/c28-23-14-20(9-10-24(23)35-17-21-8-4-5-12-29-21)31-26-22-11-13-36(25(34)16-33)27(22)32(18-30-26)15-19-6-2-1-3-7-19/h1-10,12-14,18,25,33-34H,11,15-17H2/t25-,36?/m0/s1. The molecule has 9 heteroatoms. The molecular formula is C27H25ClN4O3S. The Bertz CT molecular complexity index is 1460. The van der Waals surface area contributed by atoms with Gasteiger partial charge in [0.2, 0.25) is 0 Å². The summed E-state index contributed by atoms with van der Waals surface area (Å²) in [5.74, 6) is 0.550. The Kier molecular flexibility index (Phi) is 7.58. The summed E-state index contributed by atoms with van der Waals surface area (Å²) in [5, 5.41) is 23.6. The van der Waals surface area contributed by atoms with E-state index in [1.165, 1.54) is 0 Å². The van der Waals surface area contributed by atoms with Crippen molar-refractivity contribution in [1.29, 1.82) is 0 Å². The smallest absolute Gasteiger partial charge is 0.160 e. The van der Waals surface area contributed by atoms with Gasteiger partial charge in [-0.05, 0) is 41.3 Å². The van der Waals surface area contributed by atoms with E-state index in [2.05, 4.69) is 22.1 Å². The maximum atomic E-state index is 10.5. The number of fused-ring (bicyclic) bond motifs is 1. The molecule has 1 aliphatic rings. The first-order valence-electron chi connectivity index (χ1n) is 11.5. The molecule has 0 saturated heterocycles. The number of pyridine rings is 1. The molecule has 0 fully saturated rings. The number of halogens is 1. The fourth-order valence-electron chi connectivity index (χ4n) is 3.98. The molecular weight excluding hydrogens is 496 g/mol. The maximum absolute atomic E-state index is 10.5. The second-order valence-corrected chi connectivity index (χ2v) is 10.6. The van der Waals surface area contributed by atoms with Gasteiger partial charge in [-0.25, -0.2) is 9.98 Å². The summed E-state index contributed by atoms with van der Waals surface area (Å²) < 4.78 is 7.86. The molecule has 3 heterocycles. The van der Waals surface area contributed by atoms with Crippen LogP contribution in [0, 0.1) is 0 Å². The van der Waals surface area contributed by atoms with E-state index in [0.29, 0.717) is 41.5 Å². The Balaban J connectivity index is 1.46. The van der Waals surface area contributed by atoms with E-state index in [1.54, 1.807) is 24.7 Å². The van der Waals surface area contributed by atoms with Crippen LogP contribution < -0.4 is 10.2 Å². The van der Waals surface area contributed by atoms with Gasteiger partial charge in [0, 0.05) is 24.7 Å². The van der Waals surface area contributed by atoms with Crippen molar-refractivity contribution in [3.05, 3.63) is 107 Å². The van der Waals surface area contributed by atoms with E-state index in [9.17, 15) is 10.2 Å². The molecule has 2 N–H and O–H groups in total. The zero-order valence-corrected chi connectivity index (χ0v) is 20.9. The Morgan fingerprint density at radius 2 is 1.92 bits per heavy atom. The lowest BCUT2D eigenvalue weighted by Crippen LogP contribution is -2.21. The number of nitrogens with zero attached hydrogens (tertiary/aromatic N) is 4. The number of aliphatic hydroxyl groups is 2. The first kappa shape index (κ1) is 24.4. The minimum atomic E-state index is -0.867. The van der Waals surface area contributed by atoms with Crippen LogP contribution in [0.25, 0.3) is 0 Å². The average Bonchev–Trinajstić information content (AvgIpc) is 3.36. The summed E-state index contributed by atoms with van der Waals surface area (Å²) in [4.78, 5) is 13.7. The van der Waals surface area contributed by atoms with E-state index in [0.717, 1.165) is 21.8 Å². The molecule has 0 bridgehead atoms. The van der Waals surface area contributed by atoms with Gasteiger partial charge >= 0.3 is 0 Å². The van der Waals surface area contributed by atoms with Crippen LogP contribution in [0.1, 0.15) is 16.8 Å². The van der Waals surface area contributed by atoms with E-state index in [4.69, 9.17) is 21.3 Å². The third kappa shape index (κ3) is 5.42. The lowest BCUT2D eigenvalue weighted by molar-refractivity contribution is 0.160. The average molecular weight is 521 g/mol. The highest BCUT2D eigenvalue weighted by Gasteiger charge is 2.24. The van der Waals surface area contributed by atoms with Gasteiger partial charge < -0.3 is 19.5 Å². The van der Waals surface area contributed by atoms with Crippen LogP contribution in [-0.2, 0) is 19.6 Å². The summed E-state index contributed by atoms with van der Waals surface area (Å²) in [6.07, 6.45) is 4.08. The molecule has 4 aromatic rings. The molecule has 2 atom stereocenters. The van der Waals surface area contributed by atoms with Gasteiger partial charge in [0.05, 0.1) is 34.4 Å². The van der Waals surface area contributed by atoms with Crippen LogP contribution in [0.15, 0.2) is 89.3 Å². The number of ether oxygens (including phenoxy) is 1. The largest absolute Gasteiger partial charge is 0.486 e. The van der Waals surface area contributed by atoms with Crippen LogP contribution >= 0.6 is 22.1 Å². The molecule has 0 spiro atoms.